The molecule has 0 fully saturated rings. The number of anilines is 1. The highest BCUT2D eigenvalue weighted by atomic mass is 35.5. The number of rotatable bonds is 5. The van der Waals surface area contributed by atoms with E-state index in [1.54, 1.807) is 12.4 Å². The van der Waals surface area contributed by atoms with Gasteiger partial charge in [-0.1, -0.05) is 11.6 Å². The van der Waals surface area contributed by atoms with Crippen LogP contribution in [0.4, 0.5) is 5.69 Å². The van der Waals surface area contributed by atoms with Gasteiger partial charge in [-0.25, -0.2) is 10.1 Å². The first-order chi connectivity index (χ1) is 9.09. The van der Waals surface area contributed by atoms with Crippen LogP contribution in [0.5, 0.6) is 0 Å². The molecule has 0 amide bonds. The molecule has 0 aliphatic heterocycles. The molecule has 0 aliphatic carbocycles. The molecule has 0 aromatic carbocycles. The van der Waals surface area contributed by atoms with E-state index in [1.807, 2.05) is 25.1 Å². The first-order valence-electron chi connectivity index (χ1n) is 6.01. The van der Waals surface area contributed by atoms with E-state index in [-0.39, 0.29) is 10.6 Å². The molecule has 2 aromatic heterocycles. The standard InChI is InChI=1S/C12H16ClN5O/c1-9-14-4-7-18(9)6-3-5-17(2)10-8-15-16-12(19)11(10)13/h4,7-8H,3,5-6H2,1-2H3,(H,16,19). The predicted octanol–water partition coefficient (Wildman–Crippen LogP) is 1.45. The van der Waals surface area contributed by atoms with Crippen LogP contribution in [0, 0.1) is 6.92 Å². The summed E-state index contributed by atoms with van der Waals surface area (Å²) in [5.74, 6) is 0.999. The fraction of sp³-hybridized carbons (Fsp3) is 0.417. The van der Waals surface area contributed by atoms with E-state index in [2.05, 4.69) is 19.7 Å². The Morgan fingerprint density at radius 2 is 2.32 bits per heavy atom. The van der Waals surface area contributed by atoms with Crippen molar-refractivity contribution in [3.63, 3.8) is 0 Å². The Bertz CT molecular complexity index is 606. The summed E-state index contributed by atoms with van der Waals surface area (Å²) in [6.45, 7) is 3.63. The van der Waals surface area contributed by atoms with E-state index in [0.717, 1.165) is 25.3 Å². The number of halogens is 1. The van der Waals surface area contributed by atoms with Crippen LogP contribution in [-0.2, 0) is 6.54 Å². The number of aromatic amines is 1. The molecule has 102 valence electrons. The van der Waals surface area contributed by atoms with Crippen LogP contribution >= 0.6 is 11.6 Å². The molecule has 1 N–H and O–H groups in total. The molecule has 0 saturated carbocycles. The molecule has 2 aromatic rings. The molecule has 0 atom stereocenters. The summed E-state index contributed by atoms with van der Waals surface area (Å²) in [4.78, 5) is 17.5. The summed E-state index contributed by atoms with van der Waals surface area (Å²) < 4.78 is 2.09. The normalized spacial score (nSPS) is 10.7. The lowest BCUT2D eigenvalue weighted by Crippen LogP contribution is -2.23. The Hall–Kier alpha value is -1.82. The molecule has 0 aliphatic rings. The zero-order valence-corrected chi connectivity index (χ0v) is 11.7. The van der Waals surface area contributed by atoms with Crippen molar-refractivity contribution in [1.29, 1.82) is 0 Å². The molecule has 0 spiro atoms. The topological polar surface area (TPSA) is 66.8 Å². The first kappa shape index (κ1) is 13.6. The lowest BCUT2D eigenvalue weighted by molar-refractivity contribution is 0.622. The fourth-order valence-corrected chi connectivity index (χ4v) is 2.11. The number of aromatic nitrogens is 4. The Labute approximate surface area is 116 Å². The van der Waals surface area contributed by atoms with Gasteiger partial charge in [0.05, 0.1) is 11.9 Å². The van der Waals surface area contributed by atoms with Crippen LogP contribution in [-0.4, -0.2) is 33.3 Å². The lowest BCUT2D eigenvalue weighted by Gasteiger charge is -2.19. The van der Waals surface area contributed by atoms with Crippen LogP contribution in [0.25, 0.3) is 0 Å². The number of nitrogens with one attached hydrogen (secondary N) is 1. The van der Waals surface area contributed by atoms with E-state index in [4.69, 9.17) is 11.6 Å². The molecule has 7 heteroatoms. The molecular weight excluding hydrogens is 266 g/mol. The zero-order valence-electron chi connectivity index (χ0n) is 10.9. The minimum absolute atomic E-state index is 0.177. The van der Waals surface area contributed by atoms with E-state index < -0.39 is 0 Å². The quantitative estimate of drug-likeness (QED) is 0.901. The predicted molar refractivity (Wildman–Crippen MR) is 74.7 cm³/mol. The van der Waals surface area contributed by atoms with Crippen LogP contribution < -0.4 is 10.5 Å². The van der Waals surface area contributed by atoms with E-state index >= 15 is 0 Å². The Balaban J connectivity index is 1.95. The summed E-state index contributed by atoms with van der Waals surface area (Å²) in [7, 11) is 1.89. The Kier molecular flexibility index (Phi) is 4.21. The number of nitrogens with zero attached hydrogens (tertiary/aromatic N) is 4. The SMILES string of the molecule is Cc1nccn1CCCN(C)c1cn[nH]c(=O)c1Cl. The van der Waals surface area contributed by atoms with Gasteiger partial charge in [-0.15, -0.1) is 0 Å². The van der Waals surface area contributed by atoms with Gasteiger partial charge in [-0.2, -0.15) is 5.10 Å². The molecule has 0 saturated heterocycles. The third-order valence-corrected chi connectivity index (χ3v) is 3.37. The summed E-state index contributed by atoms with van der Waals surface area (Å²) in [6.07, 6.45) is 6.23. The van der Waals surface area contributed by atoms with Gasteiger partial charge in [0.1, 0.15) is 10.8 Å². The highest BCUT2D eigenvalue weighted by Gasteiger charge is 2.09. The molecule has 0 bridgehead atoms. The number of imidazole rings is 1. The third kappa shape index (κ3) is 3.14. The van der Waals surface area contributed by atoms with Crippen molar-refractivity contribution in [2.45, 2.75) is 19.9 Å². The summed E-state index contributed by atoms with van der Waals surface area (Å²) in [5.41, 5.74) is 0.282. The maximum Gasteiger partial charge on any atom is 0.285 e. The maximum absolute atomic E-state index is 11.4. The lowest BCUT2D eigenvalue weighted by atomic mass is 10.3. The summed E-state index contributed by atoms with van der Waals surface area (Å²) in [6, 6.07) is 0. The first-order valence-corrected chi connectivity index (χ1v) is 6.39. The van der Waals surface area contributed by atoms with Crippen molar-refractivity contribution in [1.82, 2.24) is 19.7 Å². The molecule has 0 unspecified atom stereocenters. The Morgan fingerprint density at radius 1 is 1.53 bits per heavy atom. The van der Waals surface area contributed by atoms with Crippen LogP contribution in [0.1, 0.15) is 12.2 Å². The Morgan fingerprint density at radius 3 is 3.00 bits per heavy atom. The number of hydrogen-bond acceptors (Lipinski definition) is 4. The van der Waals surface area contributed by atoms with Crippen molar-refractivity contribution < 1.29 is 0 Å². The van der Waals surface area contributed by atoms with Crippen molar-refractivity contribution in [3.05, 3.63) is 39.8 Å². The third-order valence-electron chi connectivity index (χ3n) is 3.00. The minimum atomic E-state index is -0.364. The molecule has 6 nitrogen and oxygen atoms in total. The van der Waals surface area contributed by atoms with Gasteiger partial charge in [-0.3, -0.25) is 4.79 Å². The van der Waals surface area contributed by atoms with Crippen molar-refractivity contribution in [3.8, 4) is 0 Å². The van der Waals surface area contributed by atoms with Gasteiger partial charge < -0.3 is 9.47 Å². The van der Waals surface area contributed by atoms with Crippen LogP contribution in [0.2, 0.25) is 5.02 Å². The van der Waals surface area contributed by atoms with Gasteiger partial charge in [0.25, 0.3) is 5.56 Å². The second-order valence-electron chi connectivity index (χ2n) is 4.34. The van der Waals surface area contributed by atoms with Crippen LogP contribution in [0.3, 0.4) is 0 Å². The van der Waals surface area contributed by atoms with E-state index in [9.17, 15) is 4.79 Å². The van der Waals surface area contributed by atoms with E-state index in [0.29, 0.717) is 5.69 Å². The van der Waals surface area contributed by atoms with Crippen molar-refractivity contribution in [2.24, 2.45) is 0 Å². The molecule has 19 heavy (non-hydrogen) atoms. The highest BCUT2D eigenvalue weighted by molar-refractivity contribution is 6.32. The van der Waals surface area contributed by atoms with E-state index in [1.165, 1.54) is 0 Å². The average Bonchev–Trinajstić information content (AvgIpc) is 2.78. The van der Waals surface area contributed by atoms with Gasteiger partial charge in [-0.05, 0) is 13.3 Å². The number of H-pyrrole nitrogens is 1. The van der Waals surface area contributed by atoms with Gasteiger partial charge in [0.2, 0.25) is 0 Å². The highest BCUT2D eigenvalue weighted by Crippen LogP contribution is 2.18. The largest absolute Gasteiger partial charge is 0.372 e. The second kappa shape index (κ2) is 5.88. The van der Waals surface area contributed by atoms with Crippen molar-refractivity contribution in [2.75, 3.05) is 18.5 Å². The van der Waals surface area contributed by atoms with Crippen LogP contribution in [0.15, 0.2) is 23.4 Å². The smallest absolute Gasteiger partial charge is 0.285 e. The van der Waals surface area contributed by atoms with Gasteiger partial charge in [0.15, 0.2) is 0 Å². The zero-order chi connectivity index (χ0) is 13.8. The minimum Gasteiger partial charge on any atom is -0.372 e. The summed E-state index contributed by atoms with van der Waals surface area (Å²) >= 11 is 5.95. The molecule has 2 heterocycles. The van der Waals surface area contributed by atoms with Gasteiger partial charge in [0, 0.05) is 32.5 Å². The fourth-order valence-electron chi connectivity index (χ4n) is 1.88. The maximum atomic E-state index is 11.4. The molecule has 0 radical (unpaired) electrons. The van der Waals surface area contributed by atoms with Gasteiger partial charge >= 0.3 is 0 Å². The number of aryl methyl sites for hydroxylation is 2. The molecule has 2 rings (SSSR count). The number of hydrogen-bond donors (Lipinski definition) is 1. The monoisotopic (exact) mass is 281 g/mol. The second-order valence-corrected chi connectivity index (χ2v) is 4.72. The van der Waals surface area contributed by atoms with Crippen molar-refractivity contribution >= 4 is 17.3 Å². The molecular formula is C12H16ClN5O. The summed E-state index contributed by atoms with van der Waals surface area (Å²) in [5, 5.41) is 6.24. The average molecular weight is 282 g/mol.